The number of aliphatic hydroxyl groups is 1. The predicted molar refractivity (Wildman–Crippen MR) is 184 cm³/mol. The molecule has 12 heteroatoms. The largest absolute Gasteiger partial charge is 0.465 e. The fourth-order valence-corrected chi connectivity index (χ4v) is 7.40. The van der Waals surface area contributed by atoms with Crippen LogP contribution in [0.5, 0.6) is 0 Å². The fraction of sp³-hybridized carbons (Fsp3) is 0.417. The Hall–Kier alpha value is -4.84. The summed E-state index contributed by atoms with van der Waals surface area (Å²) < 4.78 is 17.9. The number of aromatic nitrogens is 5. The summed E-state index contributed by atoms with van der Waals surface area (Å²) in [5.41, 5.74) is 2.72. The summed E-state index contributed by atoms with van der Waals surface area (Å²) in [4.78, 5) is 39.7. The lowest BCUT2D eigenvalue weighted by Gasteiger charge is -2.51. The summed E-state index contributed by atoms with van der Waals surface area (Å²) in [6.07, 6.45) is 1.64. The highest BCUT2D eigenvalue weighted by atomic mass is 19.1. The average molecular weight is 656 g/mol. The summed E-state index contributed by atoms with van der Waals surface area (Å²) in [5, 5.41) is 28.0. The molecular weight excluding hydrogens is 613 g/mol. The number of aliphatic hydroxyl groups excluding tert-OH is 1. The van der Waals surface area contributed by atoms with Crippen LogP contribution in [0.25, 0.3) is 38.9 Å². The van der Waals surface area contributed by atoms with E-state index in [4.69, 9.17) is 4.98 Å². The van der Waals surface area contributed by atoms with E-state index in [1.165, 1.54) is 15.5 Å². The fourth-order valence-electron chi connectivity index (χ4n) is 7.40. The van der Waals surface area contributed by atoms with Crippen LogP contribution >= 0.6 is 0 Å². The zero-order chi connectivity index (χ0) is 34.5. The van der Waals surface area contributed by atoms with Crippen molar-refractivity contribution in [2.75, 3.05) is 24.6 Å². The third-order valence-corrected chi connectivity index (χ3v) is 9.41. The first-order valence-corrected chi connectivity index (χ1v) is 16.4. The normalized spacial score (nSPS) is 17.2. The molecule has 2 unspecified atom stereocenters. The van der Waals surface area contributed by atoms with Gasteiger partial charge in [0.25, 0.3) is 0 Å². The van der Waals surface area contributed by atoms with Crippen LogP contribution < -0.4 is 10.6 Å². The van der Waals surface area contributed by atoms with Crippen molar-refractivity contribution in [1.29, 1.82) is 0 Å². The second-order valence-electron chi connectivity index (χ2n) is 13.9. The summed E-state index contributed by atoms with van der Waals surface area (Å²) in [6.45, 7) is 12.4. The molecule has 6 rings (SSSR count). The number of pyridine rings is 1. The maximum Gasteiger partial charge on any atom is 0.407 e. The number of piperazine rings is 1. The topological polar surface area (TPSA) is 140 Å². The molecule has 2 aromatic carbocycles. The van der Waals surface area contributed by atoms with Crippen LogP contribution in [0.3, 0.4) is 0 Å². The SMILES string of the molecule is CC(C)c1cccc(CCCO)c1-n1c(=O)nc(N2CCN(C(=O)O)C(C(C)(C)C)C2C)c2cc(F)c(-c3cccc4cn[nH]c34)nc21. The Morgan fingerprint density at radius 1 is 1.12 bits per heavy atom. The molecule has 5 aromatic rings. The lowest BCUT2D eigenvalue weighted by Crippen LogP contribution is -2.64. The molecule has 48 heavy (non-hydrogen) atoms. The van der Waals surface area contributed by atoms with Gasteiger partial charge in [0.2, 0.25) is 0 Å². The molecule has 4 heterocycles. The van der Waals surface area contributed by atoms with Crippen molar-refractivity contribution < 1.29 is 19.4 Å². The van der Waals surface area contributed by atoms with Crippen molar-refractivity contribution in [1.82, 2.24) is 29.6 Å². The quantitative estimate of drug-likeness (QED) is 0.191. The summed E-state index contributed by atoms with van der Waals surface area (Å²) >= 11 is 0. The highest BCUT2D eigenvalue weighted by molar-refractivity contribution is 5.96. The molecule has 3 aromatic heterocycles. The van der Waals surface area contributed by atoms with Crippen LogP contribution in [0.2, 0.25) is 0 Å². The third kappa shape index (κ3) is 5.67. The number of H-pyrrole nitrogens is 1. The number of hydrogen-bond acceptors (Lipinski definition) is 7. The summed E-state index contributed by atoms with van der Waals surface area (Å²) in [6, 6.07) is 11.8. The van der Waals surface area contributed by atoms with E-state index in [9.17, 15) is 19.8 Å². The molecule has 252 valence electrons. The minimum Gasteiger partial charge on any atom is -0.465 e. The first kappa shape index (κ1) is 33.1. The van der Waals surface area contributed by atoms with Crippen LogP contribution in [-0.2, 0) is 6.42 Å². The maximum absolute atomic E-state index is 16.5. The number of hydrogen-bond donors (Lipinski definition) is 3. The van der Waals surface area contributed by atoms with E-state index in [2.05, 4.69) is 15.2 Å². The Kier molecular flexibility index (Phi) is 8.71. The lowest BCUT2D eigenvalue weighted by molar-refractivity contribution is 0.0562. The Labute approximate surface area is 278 Å². The molecule has 0 bridgehead atoms. The number of amides is 1. The predicted octanol–water partition coefficient (Wildman–Crippen LogP) is 6.11. The number of para-hydroxylation sites is 2. The number of fused-ring (bicyclic) bond motifs is 2. The number of carboxylic acid groups (broad SMARTS) is 1. The van der Waals surface area contributed by atoms with Crippen molar-refractivity contribution in [3.63, 3.8) is 0 Å². The monoisotopic (exact) mass is 655 g/mol. The molecule has 0 spiro atoms. The van der Waals surface area contributed by atoms with E-state index < -0.39 is 35.1 Å². The van der Waals surface area contributed by atoms with Gasteiger partial charge in [-0.25, -0.2) is 23.5 Å². The average Bonchev–Trinajstić information content (AvgIpc) is 3.52. The van der Waals surface area contributed by atoms with E-state index in [0.29, 0.717) is 35.0 Å². The van der Waals surface area contributed by atoms with Gasteiger partial charge in [-0.2, -0.15) is 10.1 Å². The van der Waals surface area contributed by atoms with Gasteiger partial charge in [-0.05, 0) is 48.3 Å². The number of rotatable bonds is 7. The number of nitrogens with zero attached hydrogens (tertiary/aromatic N) is 6. The number of aryl methyl sites for hydroxylation is 1. The minimum atomic E-state index is -1.01. The van der Waals surface area contributed by atoms with Gasteiger partial charge in [-0.3, -0.25) is 5.10 Å². The molecule has 0 saturated carbocycles. The van der Waals surface area contributed by atoms with Crippen LogP contribution in [0, 0.1) is 11.2 Å². The van der Waals surface area contributed by atoms with Gasteiger partial charge >= 0.3 is 11.8 Å². The third-order valence-electron chi connectivity index (χ3n) is 9.41. The van der Waals surface area contributed by atoms with Crippen LogP contribution in [0.1, 0.15) is 65.0 Å². The number of aromatic amines is 1. The maximum atomic E-state index is 16.5. The smallest absolute Gasteiger partial charge is 0.407 e. The standard InChI is InChI=1S/C36H42FN7O4/c1-20(2)24-13-7-10-22(12-9-17-45)30(24)44-33-26(18-27(37)29(39-33)25-14-8-11-23-19-38-41-28(23)25)32(40-34(44)46)42-15-16-43(35(47)48)31(21(42)3)36(4,5)6/h7-8,10-11,13-14,18-21,31,45H,9,12,15-17H2,1-6H3,(H,38,41)(H,47,48). The number of halogens is 1. The van der Waals surface area contributed by atoms with E-state index in [1.807, 2.05) is 70.7 Å². The van der Waals surface area contributed by atoms with E-state index in [1.54, 1.807) is 18.3 Å². The van der Waals surface area contributed by atoms with Crippen molar-refractivity contribution >= 4 is 33.8 Å². The van der Waals surface area contributed by atoms with E-state index in [0.717, 1.165) is 16.5 Å². The van der Waals surface area contributed by atoms with Gasteiger partial charge in [-0.1, -0.05) is 71.0 Å². The van der Waals surface area contributed by atoms with Crippen molar-refractivity contribution in [3.8, 4) is 16.9 Å². The van der Waals surface area contributed by atoms with Gasteiger partial charge in [0.05, 0.1) is 28.8 Å². The second-order valence-corrected chi connectivity index (χ2v) is 13.9. The first-order chi connectivity index (χ1) is 22.8. The molecule has 1 saturated heterocycles. The zero-order valence-electron chi connectivity index (χ0n) is 28.2. The van der Waals surface area contributed by atoms with Gasteiger partial charge in [-0.15, -0.1) is 0 Å². The molecular formula is C36H42FN7O4. The Bertz CT molecular complexity index is 2070. The molecule has 1 aliphatic heterocycles. The number of carbonyl (C=O) groups is 1. The molecule has 3 N–H and O–H groups in total. The van der Waals surface area contributed by atoms with Gasteiger partial charge in [0, 0.05) is 36.7 Å². The highest BCUT2D eigenvalue weighted by Gasteiger charge is 2.44. The Morgan fingerprint density at radius 3 is 2.56 bits per heavy atom. The number of nitrogens with one attached hydrogen (secondary N) is 1. The molecule has 0 aliphatic carbocycles. The van der Waals surface area contributed by atoms with E-state index >= 15 is 4.39 Å². The van der Waals surface area contributed by atoms with Crippen molar-refractivity contribution in [2.45, 2.75) is 72.4 Å². The lowest BCUT2D eigenvalue weighted by atomic mass is 9.80. The van der Waals surface area contributed by atoms with Crippen LogP contribution in [0.15, 0.2) is 53.5 Å². The number of anilines is 1. The van der Waals surface area contributed by atoms with Crippen LogP contribution in [-0.4, -0.2) is 77.7 Å². The van der Waals surface area contributed by atoms with Crippen LogP contribution in [0.4, 0.5) is 15.0 Å². The Morgan fingerprint density at radius 2 is 1.88 bits per heavy atom. The minimum absolute atomic E-state index is 0.0187. The zero-order valence-corrected chi connectivity index (χ0v) is 28.2. The van der Waals surface area contributed by atoms with Gasteiger partial charge < -0.3 is 20.0 Å². The molecule has 1 aliphatic rings. The van der Waals surface area contributed by atoms with Gasteiger partial charge in [0.15, 0.2) is 5.65 Å². The highest BCUT2D eigenvalue weighted by Crippen LogP contribution is 2.38. The number of benzene rings is 2. The summed E-state index contributed by atoms with van der Waals surface area (Å²) in [7, 11) is 0. The van der Waals surface area contributed by atoms with E-state index in [-0.39, 0.29) is 42.8 Å². The molecule has 1 fully saturated rings. The van der Waals surface area contributed by atoms with Crippen molar-refractivity contribution in [2.24, 2.45) is 5.41 Å². The molecule has 11 nitrogen and oxygen atoms in total. The van der Waals surface area contributed by atoms with Crippen molar-refractivity contribution in [3.05, 3.63) is 76.1 Å². The molecule has 0 radical (unpaired) electrons. The first-order valence-electron chi connectivity index (χ1n) is 16.4. The molecule has 2 atom stereocenters. The van der Waals surface area contributed by atoms with Gasteiger partial charge in [0.1, 0.15) is 17.3 Å². The second kappa shape index (κ2) is 12.6. The molecule has 1 amide bonds. The summed E-state index contributed by atoms with van der Waals surface area (Å²) in [5.74, 6) is -0.319. The Balaban J connectivity index is 1.68.